The molecule has 5 nitrogen and oxygen atoms in total. The maximum atomic E-state index is 12.0. The van der Waals surface area contributed by atoms with E-state index < -0.39 is 0 Å². The molecule has 0 fully saturated rings. The van der Waals surface area contributed by atoms with Crippen LogP contribution in [-0.2, 0) is 13.1 Å². The van der Waals surface area contributed by atoms with Crippen molar-refractivity contribution in [3.63, 3.8) is 0 Å². The number of pyridine rings is 1. The average Bonchev–Trinajstić information content (AvgIpc) is 2.78. The highest BCUT2D eigenvalue weighted by atomic mass is 16.1. The lowest BCUT2D eigenvalue weighted by molar-refractivity contribution is 0.0950. The minimum Gasteiger partial charge on any atom is -0.348 e. The van der Waals surface area contributed by atoms with Crippen LogP contribution in [0.5, 0.6) is 0 Å². The fraction of sp³-hybridized carbons (Fsp3) is 0.308. The van der Waals surface area contributed by atoms with Gasteiger partial charge in [0.2, 0.25) is 0 Å². The number of nitrogens with zero attached hydrogens (tertiary/aromatic N) is 3. The SMILES string of the molecule is CCn1cc(C(=O)NCc2ccncc2)c(C)n1. The van der Waals surface area contributed by atoms with Crippen molar-refractivity contribution in [2.45, 2.75) is 26.9 Å². The first-order valence-corrected chi connectivity index (χ1v) is 5.92. The molecule has 1 amide bonds. The Morgan fingerprint density at radius 3 is 2.72 bits per heavy atom. The topological polar surface area (TPSA) is 59.8 Å². The van der Waals surface area contributed by atoms with Crippen molar-refractivity contribution in [3.8, 4) is 0 Å². The number of hydrogen-bond acceptors (Lipinski definition) is 3. The summed E-state index contributed by atoms with van der Waals surface area (Å²) in [4.78, 5) is 15.9. The predicted molar refractivity (Wildman–Crippen MR) is 68.0 cm³/mol. The lowest BCUT2D eigenvalue weighted by Gasteiger charge is -2.03. The monoisotopic (exact) mass is 244 g/mol. The van der Waals surface area contributed by atoms with E-state index in [2.05, 4.69) is 15.4 Å². The van der Waals surface area contributed by atoms with Gasteiger partial charge in [-0.3, -0.25) is 14.5 Å². The van der Waals surface area contributed by atoms with Crippen LogP contribution < -0.4 is 5.32 Å². The molecule has 18 heavy (non-hydrogen) atoms. The highest BCUT2D eigenvalue weighted by Gasteiger charge is 2.12. The first-order valence-electron chi connectivity index (χ1n) is 5.92. The largest absolute Gasteiger partial charge is 0.348 e. The minimum atomic E-state index is -0.0935. The van der Waals surface area contributed by atoms with Gasteiger partial charge in [0.1, 0.15) is 0 Å². The number of nitrogens with one attached hydrogen (secondary N) is 1. The van der Waals surface area contributed by atoms with Crippen LogP contribution in [0.1, 0.15) is 28.5 Å². The molecule has 0 unspecified atom stereocenters. The smallest absolute Gasteiger partial charge is 0.255 e. The second-order valence-corrected chi connectivity index (χ2v) is 4.02. The number of amides is 1. The van der Waals surface area contributed by atoms with Crippen molar-refractivity contribution in [1.29, 1.82) is 0 Å². The quantitative estimate of drug-likeness (QED) is 0.887. The average molecular weight is 244 g/mol. The number of rotatable bonds is 4. The molecule has 2 heterocycles. The Labute approximate surface area is 106 Å². The van der Waals surface area contributed by atoms with Crippen molar-refractivity contribution in [2.24, 2.45) is 0 Å². The second-order valence-electron chi connectivity index (χ2n) is 4.02. The zero-order valence-electron chi connectivity index (χ0n) is 10.6. The van der Waals surface area contributed by atoms with Gasteiger partial charge < -0.3 is 5.32 Å². The van der Waals surface area contributed by atoms with Gasteiger partial charge in [0.25, 0.3) is 5.91 Å². The minimum absolute atomic E-state index is 0.0935. The van der Waals surface area contributed by atoms with Crippen LogP contribution in [-0.4, -0.2) is 20.7 Å². The molecule has 2 aromatic rings. The summed E-state index contributed by atoms with van der Waals surface area (Å²) >= 11 is 0. The van der Waals surface area contributed by atoms with E-state index in [9.17, 15) is 4.79 Å². The predicted octanol–water partition coefficient (Wildman–Crippen LogP) is 1.54. The van der Waals surface area contributed by atoms with E-state index in [1.807, 2.05) is 26.0 Å². The van der Waals surface area contributed by atoms with Gasteiger partial charge in [-0.2, -0.15) is 5.10 Å². The molecule has 1 N–H and O–H groups in total. The molecular formula is C13H16N4O. The third-order valence-electron chi connectivity index (χ3n) is 2.72. The third kappa shape index (κ3) is 2.74. The van der Waals surface area contributed by atoms with Crippen LogP contribution in [0, 0.1) is 6.92 Å². The molecule has 2 rings (SSSR count). The van der Waals surface area contributed by atoms with Crippen LogP contribution in [0.3, 0.4) is 0 Å². The van der Waals surface area contributed by atoms with E-state index in [0.29, 0.717) is 12.1 Å². The van der Waals surface area contributed by atoms with E-state index >= 15 is 0 Å². The fourth-order valence-corrected chi connectivity index (χ4v) is 1.68. The van der Waals surface area contributed by atoms with Gasteiger partial charge in [0, 0.05) is 31.7 Å². The van der Waals surface area contributed by atoms with Gasteiger partial charge in [-0.05, 0) is 31.5 Å². The zero-order valence-corrected chi connectivity index (χ0v) is 10.6. The second kappa shape index (κ2) is 5.44. The molecular weight excluding hydrogens is 228 g/mol. The lowest BCUT2D eigenvalue weighted by Crippen LogP contribution is -2.23. The summed E-state index contributed by atoms with van der Waals surface area (Å²) in [7, 11) is 0. The third-order valence-corrected chi connectivity index (χ3v) is 2.72. The van der Waals surface area contributed by atoms with Crippen LogP contribution in [0.2, 0.25) is 0 Å². The van der Waals surface area contributed by atoms with Gasteiger partial charge in [0.15, 0.2) is 0 Å². The van der Waals surface area contributed by atoms with Crippen molar-refractivity contribution in [1.82, 2.24) is 20.1 Å². The highest BCUT2D eigenvalue weighted by molar-refractivity contribution is 5.94. The van der Waals surface area contributed by atoms with Gasteiger partial charge in [-0.15, -0.1) is 0 Å². The molecule has 94 valence electrons. The van der Waals surface area contributed by atoms with Crippen LogP contribution >= 0.6 is 0 Å². The maximum absolute atomic E-state index is 12.0. The van der Waals surface area contributed by atoms with E-state index in [1.165, 1.54) is 0 Å². The number of hydrogen-bond donors (Lipinski definition) is 1. The Hall–Kier alpha value is -2.17. The van der Waals surface area contributed by atoms with E-state index in [0.717, 1.165) is 17.8 Å². The summed E-state index contributed by atoms with van der Waals surface area (Å²) < 4.78 is 1.76. The van der Waals surface area contributed by atoms with Crippen molar-refractivity contribution in [3.05, 3.63) is 47.5 Å². The molecule has 0 spiro atoms. The Bertz CT molecular complexity index is 533. The van der Waals surface area contributed by atoms with Gasteiger partial charge in [-0.25, -0.2) is 0 Å². The van der Waals surface area contributed by atoms with Crippen LogP contribution in [0.25, 0.3) is 0 Å². The molecule has 2 aromatic heterocycles. The lowest BCUT2D eigenvalue weighted by atomic mass is 10.2. The molecule has 0 atom stereocenters. The van der Waals surface area contributed by atoms with Gasteiger partial charge in [0.05, 0.1) is 11.3 Å². The Morgan fingerprint density at radius 2 is 2.11 bits per heavy atom. The number of aryl methyl sites for hydroxylation is 2. The molecule has 0 aliphatic rings. The summed E-state index contributed by atoms with van der Waals surface area (Å²) in [6.45, 7) is 5.09. The van der Waals surface area contributed by atoms with Crippen molar-refractivity contribution >= 4 is 5.91 Å². The van der Waals surface area contributed by atoms with Crippen molar-refractivity contribution in [2.75, 3.05) is 0 Å². The molecule has 0 aliphatic heterocycles. The Kier molecular flexibility index (Phi) is 3.72. The summed E-state index contributed by atoms with van der Waals surface area (Å²) in [5.41, 5.74) is 2.41. The first kappa shape index (κ1) is 12.3. The molecule has 0 aromatic carbocycles. The highest BCUT2D eigenvalue weighted by Crippen LogP contribution is 2.06. The van der Waals surface area contributed by atoms with Crippen LogP contribution in [0.4, 0.5) is 0 Å². The maximum Gasteiger partial charge on any atom is 0.255 e. The molecule has 0 bridgehead atoms. The molecule has 0 aliphatic carbocycles. The molecule has 5 heteroatoms. The van der Waals surface area contributed by atoms with Crippen molar-refractivity contribution < 1.29 is 4.79 Å². The fourth-order valence-electron chi connectivity index (χ4n) is 1.68. The zero-order chi connectivity index (χ0) is 13.0. The van der Waals surface area contributed by atoms with Gasteiger partial charge in [-0.1, -0.05) is 0 Å². The van der Waals surface area contributed by atoms with E-state index in [-0.39, 0.29) is 5.91 Å². The molecule has 0 saturated carbocycles. The van der Waals surface area contributed by atoms with Crippen LogP contribution in [0.15, 0.2) is 30.7 Å². The summed E-state index contributed by atoms with van der Waals surface area (Å²) in [6, 6.07) is 3.76. The summed E-state index contributed by atoms with van der Waals surface area (Å²) in [6.07, 6.45) is 5.20. The Balaban J connectivity index is 2.01. The normalized spacial score (nSPS) is 10.3. The summed E-state index contributed by atoms with van der Waals surface area (Å²) in [5, 5.41) is 7.12. The molecule has 0 radical (unpaired) electrons. The first-order chi connectivity index (χ1) is 8.70. The molecule has 0 saturated heterocycles. The number of carbonyl (C=O) groups is 1. The summed E-state index contributed by atoms with van der Waals surface area (Å²) in [5.74, 6) is -0.0935. The van der Waals surface area contributed by atoms with Gasteiger partial charge >= 0.3 is 0 Å². The standard InChI is InChI=1S/C13H16N4O/c1-3-17-9-12(10(2)16-17)13(18)15-8-11-4-6-14-7-5-11/h4-7,9H,3,8H2,1-2H3,(H,15,18). The Morgan fingerprint density at radius 1 is 1.39 bits per heavy atom. The van der Waals surface area contributed by atoms with E-state index in [1.54, 1.807) is 23.3 Å². The number of carbonyl (C=O) groups excluding carboxylic acids is 1. The number of aromatic nitrogens is 3. The van der Waals surface area contributed by atoms with E-state index in [4.69, 9.17) is 0 Å².